The summed E-state index contributed by atoms with van der Waals surface area (Å²) in [6.07, 6.45) is 4.06. The summed E-state index contributed by atoms with van der Waals surface area (Å²) >= 11 is 0. The lowest BCUT2D eigenvalue weighted by atomic mass is 10.0. The smallest absolute Gasteiger partial charge is 0.163 e. The molecule has 0 atom stereocenters. The van der Waals surface area contributed by atoms with E-state index in [0.717, 1.165) is 35.6 Å². The van der Waals surface area contributed by atoms with E-state index in [4.69, 9.17) is 5.73 Å². The van der Waals surface area contributed by atoms with Crippen molar-refractivity contribution in [2.24, 2.45) is 0 Å². The van der Waals surface area contributed by atoms with Crippen LogP contribution in [0.1, 0.15) is 44.0 Å². The third-order valence-corrected chi connectivity index (χ3v) is 3.09. The molecule has 4 heteroatoms. The van der Waals surface area contributed by atoms with Gasteiger partial charge in [-0.3, -0.25) is 4.40 Å². The van der Waals surface area contributed by atoms with Crippen molar-refractivity contribution in [1.29, 1.82) is 0 Å². The lowest BCUT2D eigenvalue weighted by Crippen LogP contribution is -2.03. The Balaban J connectivity index is 2.63. The van der Waals surface area contributed by atoms with Gasteiger partial charge in [0.2, 0.25) is 0 Å². The van der Waals surface area contributed by atoms with Gasteiger partial charge in [0.05, 0.1) is 0 Å². The highest BCUT2D eigenvalue weighted by Gasteiger charge is 2.15. The third-order valence-electron chi connectivity index (χ3n) is 3.09. The Labute approximate surface area is 95.5 Å². The molecule has 0 aliphatic carbocycles. The van der Waals surface area contributed by atoms with E-state index in [1.807, 2.05) is 23.6 Å². The summed E-state index contributed by atoms with van der Waals surface area (Å²) in [5, 5.41) is 8.53. The van der Waals surface area contributed by atoms with Crippen molar-refractivity contribution in [2.75, 3.05) is 5.73 Å². The molecule has 16 heavy (non-hydrogen) atoms. The van der Waals surface area contributed by atoms with E-state index in [-0.39, 0.29) is 0 Å². The number of nitrogens with zero attached hydrogens (tertiary/aromatic N) is 3. The zero-order chi connectivity index (χ0) is 11.7. The number of nitrogens with two attached hydrogens (primary N) is 1. The van der Waals surface area contributed by atoms with Crippen molar-refractivity contribution >= 4 is 11.3 Å². The summed E-state index contributed by atoms with van der Waals surface area (Å²) in [4.78, 5) is 0. The number of hydrogen-bond acceptors (Lipinski definition) is 3. The molecule has 0 unspecified atom stereocenters. The van der Waals surface area contributed by atoms with Crippen molar-refractivity contribution in [3.63, 3.8) is 0 Å². The molecule has 0 bridgehead atoms. The number of anilines is 1. The Morgan fingerprint density at radius 3 is 2.62 bits per heavy atom. The van der Waals surface area contributed by atoms with Crippen LogP contribution in [0.4, 0.5) is 5.69 Å². The normalized spacial score (nSPS) is 11.5. The molecular weight excluding hydrogens is 200 g/mol. The quantitative estimate of drug-likeness (QED) is 0.861. The minimum absolute atomic E-state index is 0.455. The first-order valence-corrected chi connectivity index (χ1v) is 5.78. The highest BCUT2D eigenvalue weighted by molar-refractivity contribution is 5.54. The minimum Gasteiger partial charge on any atom is -0.398 e. The molecule has 2 rings (SSSR count). The van der Waals surface area contributed by atoms with Gasteiger partial charge >= 0.3 is 0 Å². The van der Waals surface area contributed by atoms with Crippen LogP contribution in [0.2, 0.25) is 0 Å². The van der Waals surface area contributed by atoms with Crippen LogP contribution in [-0.2, 0) is 0 Å². The molecular formula is C12H18N4. The van der Waals surface area contributed by atoms with E-state index in [1.54, 1.807) is 0 Å². The van der Waals surface area contributed by atoms with Crippen LogP contribution in [-0.4, -0.2) is 14.6 Å². The summed E-state index contributed by atoms with van der Waals surface area (Å²) in [7, 11) is 0. The first kappa shape index (κ1) is 10.9. The van der Waals surface area contributed by atoms with E-state index >= 15 is 0 Å². The molecule has 2 aromatic heterocycles. The van der Waals surface area contributed by atoms with Gasteiger partial charge in [0.15, 0.2) is 5.65 Å². The SMILES string of the molecule is CCC(CC)c1nnc2c(C)cc(N)cn12. The van der Waals surface area contributed by atoms with Crippen molar-refractivity contribution in [3.05, 3.63) is 23.7 Å². The molecule has 2 N–H and O–H groups in total. The first-order chi connectivity index (χ1) is 7.67. The Hall–Kier alpha value is -1.58. The van der Waals surface area contributed by atoms with Crippen molar-refractivity contribution in [3.8, 4) is 0 Å². The van der Waals surface area contributed by atoms with Gasteiger partial charge < -0.3 is 5.73 Å². The van der Waals surface area contributed by atoms with Gasteiger partial charge in [-0.1, -0.05) is 13.8 Å². The van der Waals surface area contributed by atoms with Crippen LogP contribution in [0.25, 0.3) is 5.65 Å². The number of aryl methyl sites for hydroxylation is 1. The fourth-order valence-corrected chi connectivity index (χ4v) is 2.13. The molecule has 0 saturated heterocycles. The van der Waals surface area contributed by atoms with Crippen LogP contribution in [0.5, 0.6) is 0 Å². The van der Waals surface area contributed by atoms with Gasteiger partial charge in [-0.05, 0) is 31.4 Å². The topological polar surface area (TPSA) is 56.2 Å². The number of aromatic nitrogens is 3. The van der Waals surface area contributed by atoms with Crippen LogP contribution >= 0.6 is 0 Å². The molecule has 0 aliphatic rings. The average molecular weight is 218 g/mol. The molecule has 0 spiro atoms. The molecule has 2 heterocycles. The monoisotopic (exact) mass is 218 g/mol. The molecule has 0 fully saturated rings. The number of pyridine rings is 1. The zero-order valence-electron chi connectivity index (χ0n) is 10.1. The summed E-state index contributed by atoms with van der Waals surface area (Å²) < 4.78 is 2.03. The fraction of sp³-hybridized carbons (Fsp3) is 0.500. The fourth-order valence-electron chi connectivity index (χ4n) is 2.13. The van der Waals surface area contributed by atoms with E-state index in [0.29, 0.717) is 5.92 Å². The summed E-state index contributed by atoms with van der Waals surface area (Å²) in [5.41, 5.74) is 8.61. The predicted molar refractivity (Wildman–Crippen MR) is 65.5 cm³/mol. The van der Waals surface area contributed by atoms with Gasteiger partial charge in [-0.25, -0.2) is 0 Å². The summed E-state index contributed by atoms with van der Waals surface area (Å²) in [5.74, 6) is 1.48. The maximum atomic E-state index is 5.86. The molecule has 4 nitrogen and oxygen atoms in total. The maximum absolute atomic E-state index is 5.86. The van der Waals surface area contributed by atoms with Crippen molar-refractivity contribution < 1.29 is 0 Å². The van der Waals surface area contributed by atoms with Gasteiger partial charge in [0, 0.05) is 17.8 Å². The Bertz CT molecular complexity index is 497. The van der Waals surface area contributed by atoms with Crippen LogP contribution in [0.15, 0.2) is 12.3 Å². The summed E-state index contributed by atoms with van der Waals surface area (Å²) in [6, 6.07) is 1.93. The number of rotatable bonds is 3. The van der Waals surface area contributed by atoms with Crippen LogP contribution in [0, 0.1) is 6.92 Å². The highest BCUT2D eigenvalue weighted by atomic mass is 15.2. The Kier molecular flexibility index (Phi) is 2.81. The molecule has 0 radical (unpaired) electrons. The molecule has 0 amide bonds. The van der Waals surface area contributed by atoms with Gasteiger partial charge in [-0.2, -0.15) is 0 Å². The van der Waals surface area contributed by atoms with E-state index in [9.17, 15) is 0 Å². The van der Waals surface area contributed by atoms with E-state index < -0.39 is 0 Å². The minimum atomic E-state index is 0.455. The van der Waals surface area contributed by atoms with Gasteiger partial charge in [-0.15, -0.1) is 10.2 Å². The standard InChI is InChI=1S/C12H18N4/c1-4-9(5-2)12-15-14-11-8(3)6-10(13)7-16(11)12/h6-7,9H,4-5,13H2,1-3H3. The molecule has 0 aliphatic heterocycles. The lowest BCUT2D eigenvalue weighted by Gasteiger charge is -2.10. The number of fused-ring (bicyclic) bond motifs is 1. The Morgan fingerprint density at radius 1 is 1.31 bits per heavy atom. The number of nitrogen functional groups attached to an aromatic ring is 1. The average Bonchev–Trinajstić information content (AvgIpc) is 2.64. The number of hydrogen-bond donors (Lipinski definition) is 1. The van der Waals surface area contributed by atoms with Crippen molar-refractivity contribution in [2.45, 2.75) is 39.5 Å². The summed E-state index contributed by atoms with van der Waals surface area (Å²) in [6.45, 7) is 6.36. The second-order valence-corrected chi connectivity index (χ2v) is 4.22. The van der Waals surface area contributed by atoms with Gasteiger partial charge in [0.25, 0.3) is 0 Å². The van der Waals surface area contributed by atoms with E-state index in [1.165, 1.54) is 0 Å². The van der Waals surface area contributed by atoms with Crippen molar-refractivity contribution in [1.82, 2.24) is 14.6 Å². The maximum Gasteiger partial charge on any atom is 0.163 e. The van der Waals surface area contributed by atoms with Gasteiger partial charge in [0.1, 0.15) is 5.82 Å². The lowest BCUT2D eigenvalue weighted by molar-refractivity contribution is 0.595. The van der Waals surface area contributed by atoms with Crippen LogP contribution < -0.4 is 5.73 Å². The largest absolute Gasteiger partial charge is 0.398 e. The molecule has 86 valence electrons. The third kappa shape index (κ3) is 1.64. The highest BCUT2D eigenvalue weighted by Crippen LogP contribution is 2.23. The molecule has 0 aromatic carbocycles. The zero-order valence-corrected chi connectivity index (χ0v) is 10.1. The molecule has 0 saturated carbocycles. The second-order valence-electron chi connectivity index (χ2n) is 4.22. The predicted octanol–water partition coefficient (Wildman–Crippen LogP) is 2.52. The Morgan fingerprint density at radius 2 is 2.00 bits per heavy atom. The van der Waals surface area contributed by atoms with E-state index in [2.05, 4.69) is 24.0 Å². The second kappa shape index (κ2) is 4.12. The van der Waals surface area contributed by atoms with Crippen LogP contribution in [0.3, 0.4) is 0 Å². The molecule has 2 aromatic rings. The first-order valence-electron chi connectivity index (χ1n) is 5.78.